The molecular formula is C39H43FN4O10S2. The van der Waals surface area contributed by atoms with Gasteiger partial charge in [-0.1, -0.05) is 6.07 Å². The van der Waals surface area contributed by atoms with Gasteiger partial charge in [0.05, 0.1) is 35.6 Å². The number of hydrogen-bond acceptors (Lipinski definition) is 13. The van der Waals surface area contributed by atoms with Crippen molar-refractivity contribution >= 4 is 69.5 Å². The van der Waals surface area contributed by atoms with E-state index in [0.29, 0.717) is 79.1 Å². The van der Waals surface area contributed by atoms with Crippen molar-refractivity contribution in [3.63, 3.8) is 0 Å². The molecule has 1 amide bonds. The number of thioether (sulfide) groups is 1. The molecular weight excluding hydrogens is 768 g/mol. The van der Waals surface area contributed by atoms with E-state index in [1.807, 2.05) is 34.2 Å². The molecule has 4 aliphatic rings. The van der Waals surface area contributed by atoms with E-state index in [-0.39, 0.29) is 72.9 Å². The maximum atomic E-state index is 15.7. The van der Waals surface area contributed by atoms with Crippen LogP contribution in [0.25, 0.3) is 10.9 Å². The van der Waals surface area contributed by atoms with Crippen LogP contribution in [0.2, 0.25) is 0 Å². The first kappa shape index (κ1) is 39.3. The summed E-state index contributed by atoms with van der Waals surface area (Å²) >= 11 is 3.07. The van der Waals surface area contributed by atoms with Crippen molar-refractivity contribution in [3.05, 3.63) is 73.1 Å². The Morgan fingerprint density at radius 1 is 1.11 bits per heavy atom. The van der Waals surface area contributed by atoms with Gasteiger partial charge in [0.25, 0.3) is 0 Å². The molecule has 2 N–H and O–H groups in total. The van der Waals surface area contributed by atoms with Gasteiger partial charge in [-0.15, -0.1) is 23.1 Å². The number of anilines is 1. The lowest BCUT2D eigenvalue weighted by atomic mass is 9.93. The number of fused-ring (bicyclic) bond motifs is 1. The second-order valence-electron chi connectivity index (χ2n) is 14.5. The standard InChI is InChI=1S/C39H43FN4O10S2/c1-21-7-8-26-34-27(36(48)28(38(49)50)17-43(21)34)16-29(40)35(26)42-11-9-24(10-12-42)54-32(47)6-3-13-52-39(51)33-23(19-53-22(2)45)20-56-37-30(18-44(33)37)41-31(46)15-25-5-4-14-55-25/h4-5,14,16-17,21,24,30,37H,3,6-13,15,18-20H2,1-2H3,(H,41,46)(H,49,50)/t21?,30-,37-/m0/s1. The number of hydrogen-bond donors (Lipinski definition) is 2. The molecule has 0 spiro atoms. The van der Waals surface area contributed by atoms with E-state index >= 15 is 4.39 Å². The van der Waals surface area contributed by atoms with E-state index in [0.717, 1.165) is 10.9 Å². The lowest BCUT2D eigenvalue weighted by Crippen LogP contribution is -2.67. The zero-order valence-electron chi connectivity index (χ0n) is 31.0. The molecule has 56 heavy (non-hydrogen) atoms. The van der Waals surface area contributed by atoms with E-state index < -0.39 is 35.1 Å². The molecule has 0 bridgehead atoms. The summed E-state index contributed by atoms with van der Waals surface area (Å²) in [6, 6.07) is 4.72. The van der Waals surface area contributed by atoms with Gasteiger partial charge in [0.15, 0.2) is 0 Å². The van der Waals surface area contributed by atoms with Gasteiger partial charge in [-0.3, -0.25) is 19.2 Å². The Hall–Kier alpha value is -4.90. The number of carboxylic acid groups (broad SMARTS) is 1. The molecule has 14 nitrogen and oxygen atoms in total. The molecule has 7 rings (SSSR count). The van der Waals surface area contributed by atoms with Gasteiger partial charge in [-0.05, 0) is 43.7 Å². The number of nitrogens with one attached hydrogen (secondary N) is 1. The fraction of sp³-hybridized carbons (Fsp3) is 0.487. The molecule has 0 aliphatic carbocycles. The van der Waals surface area contributed by atoms with Crippen molar-refractivity contribution in [2.45, 2.75) is 82.4 Å². The minimum Gasteiger partial charge on any atom is -0.477 e. The number of benzene rings is 1. The van der Waals surface area contributed by atoms with E-state index in [2.05, 4.69) is 5.32 Å². The van der Waals surface area contributed by atoms with Gasteiger partial charge in [-0.25, -0.2) is 14.0 Å². The van der Waals surface area contributed by atoms with Crippen molar-refractivity contribution in [2.24, 2.45) is 0 Å². The normalized spacial score (nSPS) is 20.6. The second kappa shape index (κ2) is 16.7. The number of aromatic nitrogens is 1. The number of rotatable bonds is 13. The van der Waals surface area contributed by atoms with Gasteiger partial charge in [0.1, 0.15) is 29.8 Å². The Morgan fingerprint density at radius 2 is 1.89 bits per heavy atom. The number of aromatic carboxylic acids is 1. The summed E-state index contributed by atoms with van der Waals surface area (Å²) in [4.78, 5) is 79.9. The van der Waals surface area contributed by atoms with Crippen LogP contribution in [0.4, 0.5) is 10.1 Å². The predicted molar refractivity (Wildman–Crippen MR) is 206 cm³/mol. The van der Waals surface area contributed by atoms with Crippen LogP contribution in [0.15, 0.2) is 45.8 Å². The van der Waals surface area contributed by atoms with Gasteiger partial charge in [-0.2, -0.15) is 0 Å². The van der Waals surface area contributed by atoms with Crippen molar-refractivity contribution in [3.8, 4) is 0 Å². The smallest absolute Gasteiger partial charge is 0.354 e. The monoisotopic (exact) mass is 810 g/mol. The van der Waals surface area contributed by atoms with Gasteiger partial charge in [0, 0.05) is 85.2 Å². The van der Waals surface area contributed by atoms with Crippen LogP contribution in [0, 0.1) is 5.82 Å². The van der Waals surface area contributed by atoms with Gasteiger partial charge < -0.3 is 39.0 Å². The summed E-state index contributed by atoms with van der Waals surface area (Å²) in [6.45, 7) is 4.37. The fourth-order valence-corrected chi connectivity index (χ4v) is 9.95. The average molecular weight is 811 g/mol. The SMILES string of the molecule is CC(=O)OCC1=C(C(=O)OCCCC(=O)OC2CCN(c3c(F)cc4c(=O)c(C(=O)O)cn5c4c3CCC5C)CC2)N2C[C@H](NC(=O)Cc3cccs3)[C@@H]2SC1. The highest BCUT2D eigenvalue weighted by molar-refractivity contribution is 8.00. The molecule has 2 saturated heterocycles. The largest absolute Gasteiger partial charge is 0.477 e. The third-order valence-electron chi connectivity index (χ3n) is 10.7. The molecule has 2 fully saturated rings. The number of thiophene rings is 1. The van der Waals surface area contributed by atoms with Crippen molar-refractivity contribution < 1.29 is 47.7 Å². The maximum Gasteiger partial charge on any atom is 0.354 e. The second-order valence-corrected chi connectivity index (χ2v) is 16.6. The molecule has 6 heterocycles. The van der Waals surface area contributed by atoms with Crippen LogP contribution < -0.4 is 15.6 Å². The Morgan fingerprint density at radius 3 is 2.61 bits per heavy atom. The molecule has 4 aliphatic heterocycles. The number of carbonyl (C=O) groups excluding carboxylic acids is 4. The van der Waals surface area contributed by atoms with E-state index in [4.69, 9.17) is 14.2 Å². The summed E-state index contributed by atoms with van der Waals surface area (Å²) in [5.41, 5.74) is 1.48. The summed E-state index contributed by atoms with van der Waals surface area (Å²) in [6.07, 6.45) is 3.62. The molecule has 1 aromatic carbocycles. The lowest BCUT2D eigenvalue weighted by Gasteiger charge is -2.52. The summed E-state index contributed by atoms with van der Waals surface area (Å²) in [5, 5.41) is 14.4. The zero-order valence-corrected chi connectivity index (χ0v) is 32.7. The number of halogens is 1. The highest BCUT2D eigenvalue weighted by Gasteiger charge is 2.47. The Labute approximate surface area is 329 Å². The zero-order chi connectivity index (χ0) is 39.7. The third-order valence-corrected chi connectivity index (χ3v) is 13.0. The molecule has 17 heteroatoms. The van der Waals surface area contributed by atoms with E-state index in [9.17, 15) is 33.9 Å². The number of esters is 3. The summed E-state index contributed by atoms with van der Waals surface area (Å²) < 4.78 is 34.0. The highest BCUT2D eigenvalue weighted by Crippen LogP contribution is 2.41. The first-order valence-electron chi connectivity index (χ1n) is 18.7. The number of pyridine rings is 1. The average Bonchev–Trinajstić information content (AvgIpc) is 3.66. The van der Waals surface area contributed by atoms with Crippen molar-refractivity contribution in [2.75, 3.05) is 43.5 Å². The van der Waals surface area contributed by atoms with E-state index in [1.165, 1.54) is 24.5 Å². The minimum atomic E-state index is -1.35. The predicted octanol–water partition coefficient (Wildman–Crippen LogP) is 4.18. The molecule has 1 unspecified atom stereocenters. The maximum absolute atomic E-state index is 15.7. The Bertz CT molecular complexity index is 2150. The number of nitrogens with zero attached hydrogens (tertiary/aromatic N) is 3. The number of amides is 1. The summed E-state index contributed by atoms with van der Waals surface area (Å²) in [5.74, 6) is -3.11. The quantitative estimate of drug-likeness (QED) is 0.143. The van der Waals surface area contributed by atoms with Crippen LogP contribution >= 0.6 is 23.1 Å². The first-order chi connectivity index (χ1) is 26.9. The van der Waals surface area contributed by atoms with Crippen LogP contribution in [0.3, 0.4) is 0 Å². The molecule has 2 aromatic heterocycles. The third kappa shape index (κ3) is 8.14. The van der Waals surface area contributed by atoms with Gasteiger partial charge in [0.2, 0.25) is 11.3 Å². The number of carboxylic acids is 1. The lowest BCUT2D eigenvalue weighted by molar-refractivity contribution is -0.151. The highest BCUT2D eigenvalue weighted by atomic mass is 32.2. The first-order valence-corrected chi connectivity index (χ1v) is 20.6. The molecule has 0 radical (unpaired) electrons. The van der Waals surface area contributed by atoms with Crippen molar-refractivity contribution in [1.82, 2.24) is 14.8 Å². The fourth-order valence-electron chi connectivity index (χ4n) is 7.89. The van der Waals surface area contributed by atoms with Crippen LogP contribution in [-0.4, -0.2) is 100 Å². The number of carbonyl (C=O) groups is 5. The number of ether oxygens (including phenoxy) is 3. The molecule has 3 aromatic rings. The number of piperidine rings is 1. The van der Waals surface area contributed by atoms with Crippen LogP contribution in [0.1, 0.15) is 72.8 Å². The summed E-state index contributed by atoms with van der Waals surface area (Å²) in [7, 11) is 0. The van der Waals surface area contributed by atoms with Crippen molar-refractivity contribution in [1.29, 1.82) is 0 Å². The van der Waals surface area contributed by atoms with Crippen LogP contribution in [0.5, 0.6) is 0 Å². The molecule has 0 saturated carbocycles. The van der Waals surface area contributed by atoms with Gasteiger partial charge >= 0.3 is 23.9 Å². The Balaban J connectivity index is 0.903. The Kier molecular flexibility index (Phi) is 11.7. The molecule has 3 atom stereocenters. The van der Waals surface area contributed by atoms with E-state index in [1.54, 1.807) is 16.3 Å². The minimum absolute atomic E-state index is 0.0187. The molecule has 298 valence electrons. The van der Waals surface area contributed by atoms with Crippen LogP contribution in [-0.2, 0) is 46.2 Å². The number of aryl methyl sites for hydroxylation is 1. The topological polar surface area (TPSA) is 174 Å².